The molecule has 1 saturated heterocycles. The van der Waals surface area contributed by atoms with Crippen molar-refractivity contribution in [3.05, 3.63) is 23.7 Å². The number of rotatable bonds is 11. The maximum atomic E-state index is 11.4. The minimum absolute atomic E-state index is 0.200. The Kier molecular flexibility index (Phi) is 12.6. The van der Waals surface area contributed by atoms with Gasteiger partial charge in [0.05, 0.1) is 13.2 Å². The summed E-state index contributed by atoms with van der Waals surface area (Å²) in [7, 11) is 0. The van der Waals surface area contributed by atoms with Gasteiger partial charge in [-0.15, -0.1) is 0 Å². The molecule has 4 aliphatic rings. The molecule has 13 nitrogen and oxygen atoms in total. The summed E-state index contributed by atoms with van der Waals surface area (Å²) >= 11 is 2.11. The van der Waals surface area contributed by atoms with E-state index in [2.05, 4.69) is 47.8 Å². The summed E-state index contributed by atoms with van der Waals surface area (Å²) in [5, 5.41) is 91.6. The molecule has 0 bridgehead atoms. The van der Waals surface area contributed by atoms with Gasteiger partial charge in [0.2, 0.25) is 12.6 Å². The van der Waals surface area contributed by atoms with E-state index in [1.807, 2.05) is 0 Å². The summed E-state index contributed by atoms with van der Waals surface area (Å²) in [6.45, 7) is 5.89. The Bertz CT molecular complexity index is 1040. The van der Waals surface area contributed by atoms with Crippen LogP contribution in [0.15, 0.2) is 23.7 Å². The molecule has 14 heteroatoms. The van der Waals surface area contributed by atoms with E-state index in [0.29, 0.717) is 36.5 Å². The first-order valence-corrected chi connectivity index (χ1v) is 17.0. The highest BCUT2D eigenvalue weighted by molar-refractivity contribution is 14.1. The molecule has 3 aliphatic carbocycles. The quantitative estimate of drug-likeness (QED) is 0.0478. The van der Waals surface area contributed by atoms with Gasteiger partial charge in [0.15, 0.2) is 11.5 Å². The summed E-state index contributed by atoms with van der Waals surface area (Å²) in [5.74, 6) is 0.533. The molecule has 13 atom stereocenters. The van der Waals surface area contributed by atoms with E-state index in [4.69, 9.17) is 24.4 Å². The van der Waals surface area contributed by atoms with Crippen LogP contribution < -0.4 is 0 Å². The third-order valence-electron chi connectivity index (χ3n) is 10.8. The number of halogens is 1. The fourth-order valence-corrected chi connectivity index (χ4v) is 9.11. The number of aliphatic hydroxyl groups is 9. The smallest absolute Gasteiger partial charge is 0.266 e. The molecule has 9 N–H and O–H groups in total. The molecular formula is C31H51IO13. The molecule has 1 aliphatic heterocycles. The van der Waals surface area contributed by atoms with E-state index in [0.717, 1.165) is 18.4 Å². The van der Waals surface area contributed by atoms with Gasteiger partial charge in [-0.05, 0) is 95.8 Å². The second kappa shape index (κ2) is 15.3. The number of fused-ring (bicyclic) bond motifs is 3. The van der Waals surface area contributed by atoms with Gasteiger partial charge >= 0.3 is 0 Å². The molecule has 10 unspecified atom stereocenters. The zero-order valence-electron chi connectivity index (χ0n) is 25.9. The average Bonchev–Trinajstić information content (AvgIpc) is 3.10. The van der Waals surface area contributed by atoms with Crippen molar-refractivity contribution in [2.75, 3.05) is 13.2 Å². The van der Waals surface area contributed by atoms with Crippen LogP contribution in [-0.2, 0) is 18.9 Å². The fraction of sp³-hybridized carbons (Fsp3) is 0.871. The van der Waals surface area contributed by atoms with Crippen molar-refractivity contribution in [1.29, 1.82) is 0 Å². The SMILES string of the molecule is C=C1CC2CCC3[C@@H](C)CCC[C@@]3(C)[C@@H]2CCC1(I)OC(O)/C(OC1OC(CO)C(O)C(O)C1O)=C(\O)C(O)CCOC(O)O. The highest BCUT2D eigenvalue weighted by Crippen LogP contribution is 2.61. The first-order valence-electron chi connectivity index (χ1n) is 15.9. The Morgan fingerprint density at radius 1 is 1.02 bits per heavy atom. The molecule has 260 valence electrons. The van der Waals surface area contributed by atoms with Crippen molar-refractivity contribution in [3.63, 3.8) is 0 Å². The predicted molar refractivity (Wildman–Crippen MR) is 167 cm³/mol. The van der Waals surface area contributed by atoms with Gasteiger partial charge in [-0.25, -0.2) is 0 Å². The van der Waals surface area contributed by atoms with Crippen LogP contribution in [0, 0.1) is 29.1 Å². The molecule has 4 fully saturated rings. The Morgan fingerprint density at radius 3 is 2.40 bits per heavy atom. The van der Waals surface area contributed by atoms with E-state index >= 15 is 0 Å². The standard InChI is InChI=1S/C31H51IO13/c1-15-5-4-10-30(3)18(15)7-6-17-13-16(2)31(32,11-8-19(17)30)45-27(39)26(22(35)20(34)9-12-42-29(40)41)44-28-25(38)24(37)23(36)21(14-33)43-28/h15,17-21,23-25,27-29,33-41H,2,4-14H2,1,3H3/b26-22+/t15-,17?,18?,19+,20?,21?,23?,24?,25?,27?,28?,30+,31?/m0/s1. The third kappa shape index (κ3) is 7.99. The van der Waals surface area contributed by atoms with E-state index in [1.54, 1.807) is 0 Å². The molecule has 3 saturated carbocycles. The summed E-state index contributed by atoms with van der Waals surface area (Å²) in [6.07, 6.45) is -4.69. The average molecular weight is 759 g/mol. The van der Waals surface area contributed by atoms with Gasteiger partial charge in [0.1, 0.15) is 34.1 Å². The number of hydrogen-bond donors (Lipinski definition) is 9. The van der Waals surface area contributed by atoms with Crippen LogP contribution in [0.25, 0.3) is 0 Å². The molecule has 0 radical (unpaired) electrons. The van der Waals surface area contributed by atoms with Crippen LogP contribution in [-0.4, -0.2) is 112 Å². The van der Waals surface area contributed by atoms with Crippen LogP contribution >= 0.6 is 22.6 Å². The highest BCUT2D eigenvalue weighted by atomic mass is 127. The van der Waals surface area contributed by atoms with Crippen LogP contribution in [0.3, 0.4) is 0 Å². The first kappa shape index (κ1) is 37.2. The lowest BCUT2D eigenvalue weighted by molar-refractivity contribution is -0.300. The zero-order valence-corrected chi connectivity index (χ0v) is 28.1. The lowest BCUT2D eigenvalue weighted by Crippen LogP contribution is -2.59. The number of hydrogen-bond acceptors (Lipinski definition) is 13. The molecule has 0 spiro atoms. The second-order valence-electron chi connectivity index (χ2n) is 13.5. The van der Waals surface area contributed by atoms with Crippen molar-refractivity contribution >= 4 is 22.6 Å². The third-order valence-corrected chi connectivity index (χ3v) is 12.4. The van der Waals surface area contributed by atoms with Gasteiger partial charge in [-0.2, -0.15) is 0 Å². The van der Waals surface area contributed by atoms with Crippen molar-refractivity contribution in [2.24, 2.45) is 29.1 Å². The Labute approximate surface area is 277 Å². The van der Waals surface area contributed by atoms with Gasteiger partial charge in [-0.3, -0.25) is 0 Å². The van der Waals surface area contributed by atoms with E-state index in [-0.39, 0.29) is 11.8 Å². The van der Waals surface area contributed by atoms with Gasteiger partial charge in [0.25, 0.3) is 6.48 Å². The molecule has 0 aromatic heterocycles. The van der Waals surface area contributed by atoms with Crippen molar-refractivity contribution in [3.8, 4) is 0 Å². The molecular weight excluding hydrogens is 707 g/mol. The molecule has 4 rings (SSSR count). The minimum Gasteiger partial charge on any atom is -0.506 e. The van der Waals surface area contributed by atoms with Crippen molar-refractivity contribution < 1.29 is 64.9 Å². The number of ether oxygens (including phenoxy) is 4. The summed E-state index contributed by atoms with van der Waals surface area (Å²) < 4.78 is 20.8. The zero-order chi connectivity index (χ0) is 33.3. The molecule has 0 aromatic carbocycles. The summed E-state index contributed by atoms with van der Waals surface area (Å²) in [4.78, 5) is 0. The molecule has 45 heavy (non-hydrogen) atoms. The maximum absolute atomic E-state index is 11.4. The van der Waals surface area contributed by atoms with Gasteiger partial charge < -0.3 is 64.9 Å². The van der Waals surface area contributed by atoms with E-state index in [1.165, 1.54) is 25.7 Å². The monoisotopic (exact) mass is 758 g/mol. The maximum Gasteiger partial charge on any atom is 0.266 e. The van der Waals surface area contributed by atoms with Crippen LogP contribution in [0.1, 0.15) is 71.6 Å². The minimum atomic E-state index is -2.11. The van der Waals surface area contributed by atoms with Crippen LogP contribution in [0.2, 0.25) is 0 Å². The lowest BCUT2D eigenvalue weighted by Gasteiger charge is -2.56. The van der Waals surface area contributed by atoms with Crippen LogP contribution in [0.4, 0.5) is 0 Å². The second-order valence-corrected chi connectivity index (χ2v) is 15.3. The van der Waals surface area contributed by atoms with Gasteiger partial charge in [-0.1, -0.05) is 33.3 Å². The summed E-state index contributed by atoms with van der Waals surface area (Å²) in [5.41, 5.74) is 0.962. The Balaban J connectivity index is 1.58. The topological polar surface area (TPSA) is 219 Å². The van der Waals surface area contributed by atoms with Gasteiger partial charge in [0, 0.05) is 6.42 Å². The Hall–Kier alpha value is -0.630. The lowest BCUT2D eigenvalue weighted by atomic mass is 9.49. The van der Waals surface area contributed by atoms with Crippen molar-refractivity contribution in [1.82, 2.24) is 0 Å². The van der Waals surface area contributed by atoms with Crippen molar-refractivity contribution in [2.45, 2.75) is 125 Å². The number of aliphatic hydroxyl groups excluding tert-OH is 8. The molecule has 0 amide bonds. The molecule has 0 aromatic rings. The normalized spacial score (nSPS) is 42.7. The number of alkyl halides is 1. The summed E-state index contributed by atoms with van der Waals surface area (Å²) in [6, 6.07) is 0. The predicted octanol–water partition coefficient (Wildman–Crippen LogP) is 1.28. The van der Waals surface area contributed by atoms with Crippen LogP contribution in [0.5, 0.6) is 0 Å². The largest absolute Gasteiger partial charge is 0.506 e. The van der Waals surface area contributed by atoms with E-state index in [9.17, 15) is 35.7 Å². The first-order chi connectivity index (χ1) is 21.1. The molecule has 1 heterocycles. The Morgan fingerprint density at radius 2 is 1.73 bits per heavy atom. The van der Waals surface area contributed by atoms with E-state index < -0.39 is 77.9 Å². The fourth-order valence-electron chi connectivity index (χ4n) is 8.34. The highest BCUT2D eigenvalue weighted by Gasteiger charge is 2.54.